The van der Waals surface area contributed by atoms with Crippen molar-refractivity contribution in [3.05, 3.63) is 52.7 Å². The van der Waals surface area contributed by atoms with Gasteiger partial charge in [-0.15, -0.1) is 0 Å². The molecule has 0 bridgehead atoms. The van der Waals surface area contributed by atoms with Crippen LogP contribution < -0.4 is 4.74 Å². The molecule has 0 saturated heterocycles. The molecule has 0 radical (unpaired) electrons. The smallest absolute Gasteiger partial charge is 0.256 e. The van der Waals surface area contributed by atoms with E-state index in [9.17, 15) is 9.18 Å². The molecular formula is C21H24FN5O2. The van der Waals surface area contributed by atoms with Gasteiger partial charge >= 0.3 is 0 Å². The Hall–Kier alpha value is -3.00. The fourth-order valence-electron chi connectivity index (χ4n) is 3.69. The lowest BCUT2D eigenvalue weighted by molar-refractivity contribution is 0.0730. The zero-order chi connectivity index (χ0) is 20.7. The summed E-state index contributed by atoms with van der Waals surface area (Å²) in [7, 11) is 3.53. The van der Waals surface area contributed by atoms with Crippen LogP contribution in [-0.2, 0) is 19.6 Å². The van der Waals surface area contributed by atoms with Crippen LogP contribution in [0.15, 0.2) is 24.3 Å². The summed E-state index contributed by atoms with van der Waals surface area (Å²) < 4.78 is 18.9. The number of methoxy groups -OCH3 is 1. The lowest BCUT2D eigenvalue weighted by atomic mass is 10.1. The molecule has 1 aliphatic heterocycles. The Morgan fingerprint density at radius 2 is 2.07 bits per heavy atom. The molecule has 3 aromatic rings. The molecule has 0 unspecified atom stereocenters. The Morgan fingerprint density at radius 3 is 2.79 bits per heavy atom. The quantitative estimate of drug-likeness (QED) is 0.692. The number of nitrogens with zero attached hydrogens (tertiary/aromatic N) is 4. The van der Waals surface area contributed by atoms with Gasteiger partial charge in [0.1, 0.15) is 11.6 Å². The molecular weight excluding hydrogens is 373 g/mol. The highest BCUT2D eigenvalue weighted by Crippen LogP contribution is 2.29. The summed E-state index contributed by atoms with van der Waals surface area (Å²) in [5.41, 5.74) is 3.64. The van der Waals surface area contributed by atoms with E-state index in [2.05, 4.69) is 15.0 Å². The number of fused-ring (bicyclic) bond motifs is 2. The highest BCUT2D eigenvalue weighted by Gasteiger charge is 2.32. The van der Waals surface area contributed by atoms with Gasteiger partial charge in [-0.2, -0.15) is 0 Å². The van der Waals surface area contributed by atoms with E-state index < -0.39 is 0 Å². The van der Waals surface area contributed by atoms with Crippen LogP contribution in [0.3, 0.4) is 0 Å². The number of amides is 1. The van der Waals surface area contributed by atoms with E-state index in [1.54, 1.807) is 18.1 Å². The zero-order valence-electron chi connectivity index (χ0n) is 17.0. The minimum Gasteiger partial charge on any atom is -0.481 e. The van der Waals surface area contributed by atoms with Gasteiger partial charge in [-0.1, -0.05) is 0 Å². The average molecular weight is 397 g/mol. The third-order valence-electron chi connectivity index (χ3n) is 5.12. The van der Waals surface area contributed by atoms with E-state index >= 15 is 0 Å². The molecule has 7 nitrogen and oxygen atoms in total. The number of hydrogen-bond acceptors (Lipinski definition) is 5. The molecule has 0 aliphatic carbocycles. The maximum atomic E-state index is 13.4. The van der Waals surface area contributed by atoms with Crippen molar-refractivity contribution in [3.8, 4) is 5.88 Å². The third-order valence-corrected chi connectivity index (χ3v) is 5.12. The zero-order valence-corrected chi connectivity index (χ0v) is 17.0. The number of imidazole rings is 1. The third kappa shape index (κ3) is 3.67. The molecule has 0 fully saturated rings. The molecule has 1 aliphatic rings. The maximum absolute atomic E-state index is 13.4. The van der Waals surface area contributed by atoms with Crippen LogP contribution in [0, 0.1) is 5.82 Å². The van der Waals surface area contributed by atoms with Gasteiger partial charge < -0.3 is 14.6 Å². The summed E-state index contributed by atoms with van der Waals surface area (Å²) in [6.45, 7) is 5.56. The summed E-state index contributed by atoms with van der Waals surface area (Å²) in [6, 6.07) is 6.49. The maximum Gasteiger partial charge on any atom is 0.256 e. The van der Waals surface area contributed by atoms with Crippen molar-refractivity contribution in [1.82, 2.24) is 24.8 Å². The molecule has 0 spiro atoms. The molecule has 152 valence electrons. The van der Waals surface area contributed by atoms with E-state index in [4.69, 9.17) is 4.74 Å². The van der Waals surface area contributed by atoms with Gasteiger partial charge in [0.05, 0.1) is 42.5 Å². The van der Waals surface area contributed by atoms with Crippen molar-refractivity contribution < 1.29 is 13.9 Å². The highest BCUT2D eigenvalue weighted by molar-refractivity contribution is 5.98. The van der Waals surface area contributed by atoms with Gasteiger partial charge in [0.2, 0.25) is 5.88 Å². The second-order valence-corrected chi connectivity index (χ2v) is 7.70. The predicted octanol–water partition coefficient (Wildman–Crippen LogP) is 3.10. The standard InChI is InChI=1S/C21H24FN5O2/c1-12(2)27-10-18-15(21(27)28)7-13(20(25-18)29-4)9-26(3)11-19-23-16-6-5-14(22)8-17(16)24-19/h5-8,12H,9-11H2,1-4H3,(H,23,24). The van der Waals surface area contributed by atoms with Crippen LogP contribution in [0.4, 0.5) is 4.39 Å². The Balaban J connectivity index is 1.54. The Bertz CT molecular complexity index is 1080. The second-order valence-electron chi connectivity index (χ2n) is 7.70. The molecule has 29 heavy (non-hydrogen) atoms. The van der Waals surface area contributed by atoms with Crippen LogP contribution in [0.1, 0.15) is 41.3 Å². The molecule has 8 heteroatoms. The first kappa shape index (κ1) is 19.3. The van der Waals surface area contributed by atoms with E-state index in [0.29, 0.717) is 36.6 Å². The van der Waals surface area contributed by atoms with Gasteiger partial charge in [0.25, 0.3) is 5.91 Å². The first-order valence-electron chi connectivity index (χ1n) is 9.56. The summed E-state index contributed by atoms with van der Waals surface area (Å²) in [6.07, 6.45) is 0. The van der Waals surface area contributed by atoms with Crippen molar-refractivity contribution in [3.63, 3.8) is 0 Å². The number of aromatic nitrogens is 3. The van der Waals surface area contributed by atoms with E-state index in [1.807, 2.05) is 31.9 Å². The van der Waals surface area contributed by atoms with E-state index in [-0.39, 0.29) is 17.8 Å². The van der Waals surface area contributed by atoms with Crippen molar-refractivity contribution >= 4 is 16.9 Å². The fourth-order valence-corrected chi connectivity index (χ4v) is 3.69. The van der Waals surface area contributed by atoms with Crippen molar-refractivity contribution in [2.75, 3.05) is 14.2 Å². The number of rotatable bonds is 6. The number of benzene rings is 1. The summed E-state index contributed by atoms with van der Waals surface area (Å²) in [5, 5.41) is 0. The molecule has 0 atom stereocenters. The van der Waals surface area contributed by atoms with Crippen LogP contribution in [0.2, 0.25) is 0 Å². The van der Waals surface area contributed by atoms with Gasteiger partial charge in [0, 0.05) is 18.2 Å². The topological polar surface area (TPSA) is 74.3 Å². The fraction of sp³-hybridized carbons (Fsp3) is 0.381. The lowest BCUT2D eigenvalue weighted by Crippen LogP contribution is -2.30. The lowest BCUT2D eigenvalue weighted by Gasteiger charge is -2.19. The van der Waals surface area contributed by atoms with Gasteiger partial charge in [0.15, 0.2) is 0 Å². The number of ether oxygens (including phenoxy) is 1. The van der Waals surface area contributed by atoms with Crippen molar-refractivity contribution in [2.45, 2.75) is 39.5 Å². The average Bonchev–Trinajstić information content (AvgIpc) is 3.21. The summed E-state index contributed by atoms with van der Waals surface area (Å²) >= 11 is 0. The van der Waals surface area contributed by atoms with E-state index in [0.717, 1.165) is 22.6 Å². The molecule has 4 rings (SSSR count). The van der Waals surface area contributed by atoms with Crippen molar-refractivity contribution in [2.24, 2.45) is 0 Å². The number of halogens is 1. The van der Waals surface area contributed by atoms with Gasteiger partial charge in [-0.05, 0) is 45.2 Å². The number of H-pyrrole nitrogens is 1. The minimum absolute atomic E-state index is 0.00775. The summed E-state index contributed by atoms with van der Waals surface area (Å²) in [4.78, 5) is 28.8. The van der Waals surface area contributed by atoms with Crippen LogP contribution >= 0.6 is 0 Å². The largest absolute Gasteiger partial charge is 0.481 e. The van der Waals surface area contributed by atoms with E-state index in [1.165, 1.54) is 12.1 Å². The molecule has 1 N–H and O–H groups in total. The predicted molar refractivity (Wildman–Crippen MR) is 107 cm³/mol. The van der Waals surface area contributed by atoms with Crippen LogP contribution in [-0.4, -0.2) is 50.9 Å². The number of pyridine rings is 1. The SMILES string of the molecule is COc1nc2c(cc1CN(C)Cc1nc3ccc(F)cc3[nH]1)C(=O)N(C(C)C)C2. The van der Waals surface area contributed by atoms with Gasteiger partial charge in [-0.3, -0.25) is 9.69 Å². The number of aromatic amines is 1. The molecule has 1 aromatic carbocycles. The van der Waals surface area contributed by atoms with Crippen LogP contribution in [0.25, 0.3) is 11.0 Å². The van der Waals surface area contributed by atoms with Crippen LogP contribution in [0.5, 0.6) is 5.88 Å². The Kier molecular flexibility index (Phi) is 4.96. The first-order chi connectivity index (χ1) is 13.9. The first-order valence-corrected chi connectivity index (χ1v) is 9.56. The monoisotopic (exact) mass is 397 g/mol. The number of hydrogen-bond donors (Lipinski definition) is 1. The van der Waals surface area contributed by atoms with Crippen molar-refractivity contribution in [1.29, 1.82) is 0 Å². The van der Waals surface area contributed by atoms with Gasteiger partial charge in [-0.25, -0.2) is 14.4 Å². The normalized spacial score (nSPS) is 13.8. The molecule has 2 aromatic heterocycles. The highest BCUT2D eigenvalue weighted by atomic mass is 19.1. The Morgan fingerprint density at radius 1 is 1.28 bits per heavy atom. The number of carbonyl (C=O) groups is 1. The Labute approximate surface area is 168 Å². The summed E-state index contributed by atoms with van der Waals surface area (Å²) in [5.74, 6) is 0.979. The molecule has 0 saturated carbocycles. The minimum atomic E-state index is -0.296. The second kappa shape index (κ2) is 7.44. The molecule has 1 amide bonds. The number of nitrogens with one attached hydrogen (secondary N) is 1. The molecule has 3 heterocycles. The number of carbonyl (C=O) groups excluding carboxylic acids is 1.